The van der Waals surface area contributed by atoms with E-state index in [1.807, 2.05) is 0 Å². The quantitative estimate of drug-likeness (QED) is 0.545. The molecule has 2 rings (SSSR count). The molecular formula is C12H18N4Se2. The minimum absolute atomic E-state index is 1.07. The van der Waals surface area contributed by atoms with Gasteiger partial charge in [-0.2, -0.15) is 0 Å². The van der Waals surface area contributed by atoms with E-state index >= 15 is 0 Å². The van der Waals surface area contributed by atoms with Gasteiger partial charge < -0.3 is 0 Å². The zero-order valence-corrected chi connectivity index (χ0v) is 14.2. The number of aromatic nitrogens is 4. The number of aryl methyl sites for hydroxylation is 4. The number of unbranched alkanes of at least 4 members (excludes halogenated alkanes) is 1. The minimum atomic E-state index is 1.07. The Kier molecular flexibility index (Phi) is 4.68. The number of rotatable bonds is 5. The molecule has 98 valence electrons. The average molecular weight is 376 g/mol. The van der Waals surface area contributed by atoms with E-state index in [0.29, 0.717) is 0 Å². The molecule has 0 aliphatic carbocycles. The SMILES string of the molecule is Cn1ccn(CCCCn2ccn(C)c2=[Se])c1=[Se]. The van der Waals surface area contributed by atoms with Crippen molar-refractivity contribution in [3.63, 3.8) is 0 Å². The number of nitrogens with zero attached hydrogens (tertiary/aromatic N) is 4. The average Bonchev–Trinajstić information content (AvgIpc) is 2.83. The van der Waals surface area contributed by atoms with Gasteiger partial charge in [0.05, 0.1) is 0 Å². The summed E-state index contributed by atoms with van der Waals surface area (Å²) in [5.41, 5.74) is 0. The predicted molar refractivity (Wildman–Crippen MR) is 74.0 cm³/mol. The van der Waals surface area contributed by atoms with Crippen LogP contribution in [-0.2, 0) is 27.2 Å². The maximum atomic E-state index is 3.10. The summed E-state index contributed by atoms with van der Waals surface area (Å²) in [5, 5.41) is 0. The van der Waals surface area contributed by atoms with Crippen LogP contribution < -0.4 is 0 Å². The Morgan fingerprint density at radius 2 is 1.17 bits per heavy atom. The molecule has 0 saturated heterocycles. The van der Waals surface area contributed by atoms with E-state index in [1.165, 1.54) is 21.5 Å². The molecule has 0 bridgehead atoms. The molecule has 0 saturated carbocycles. The molecule has 4 nitrogen and oxygen atoms in total. The van der Waals surface area contributed by atoms with Crippen LogP contribution >= 0.6 is 0 Å². The summed E-state index contributed by atoms with van der Waals surface area (Å²) >= 11 is 6.20. The summed E-state index contributed by atoms with van der Waals surface area (Å²) in [5.74, 6) is 0. The third-order valence-electron chi connectivity index (χ3n) is 3.08. The van der Waals surface area contributed by atoms with E-state index in [-0.39, 0.29) is 0 Å². The second-order valence-corrected chi connectivity index (χ2v) is 6.01. The van der Waals surface area contributed by atoms with E-state index in [2.05, 4.69) is 88.3 Å². The molecule has 0 aliphatic heterocycles. The van der Waals surface area contributed by atoms with Gasteiger partial charge in [-0.1, -0.05) is 0 Å². The zero-order chi connectivity index (χ0) is 13.1. The van der Waals surface area contributed by atoms with Gasteiger partial charge in [0.2, 0.25) is 0 Å². The Morgan fingerprint density at radius 3 is 1.44 bits per heavy atom. The molecule has 0 spiro atoms. The molecule has 0 aliphatic rings. The van der Waals surface area contributed by atoms with Crippen molar-refractivity contribution in [3.8, 4) is 0 Å². The molecule has 6 heteroatoms. The number of imidazole rings is 2. The Balaban J connectivity index is 1.83. The fourth-order valence-electron chi connectivity index (χ4n) is 1.93. The van der Waals surface area contributed by atoms with E-state index in [1.54, 1.807) is 0 Å². The second-order valence-electron chi connectivity index (χ2n) is 4.48. The van der Waals surface area contributed by atoms with Crippen LogP contribution in [0, 0.1) is 8.65 Å². The van der Waals surface area contributed by atoms with Crippen molar-refractivity contribution >= 4 is 31.2 Å². The van der Waals surface area contributed by atoms with Gasteiger partial charge in [0, 0.05) is 0 Å². The van der Waals surface area contributed by atoms with Crippen molar-refractivity contribution in [1.82, 2.24) is 18.3 Å². The summed E-state index contributed by atoms with van der Waals surface area (Å²) in [7, 11) is 4.11. The van der Waals surface area contributed by atoms with Crippen LogP contribution in [0.3, 0.4) is 0 Å². The van der Waals surface area contributed by atoms with E-state index in [4.69, 9.17) is 0 Å². The van der Waals surface area contributed by atoms with Crippen LogP contribution in [0.2, 0.25) is 0 Å². The van der Waals surface area contributed by atoms with Gasteiger partial charge in [-0.05, 0) is 0 Å². The van der Waals surface area contributed by atoms with Crippen LogP contribution in [0.15, 0.2) is 24.8 Å². The fourth-order valence-corrected chi connectivity index (χ4v) is 2.82. The summed E-state index contributed by atoms with van der Waals surface area (Å²) in [4.78, 5) is 0. The Bertz CT molecular complexity index is 573. The van der Waals surface area contributed by atoms with Gasteiger partial charge in [-0.15, -0.1) is 0 Å². The molecule has 0 amide bonds. The van der Waals surface area contributed by atoms with Crippen molar-refractivity contribution < 1.29 is 0 Å². The van der Waals surface area contributed by atoms with Crippen molar-refractivity contribution in [1.29, 1.82) is 0 Å². The van der Waals surface area contributed by atoms with Crippen LogP contribution in [0.5, 0.6) is 0 Å². The monoisotopic (exact) mass is 378 g/mol. The first-order valence-corrected chi connectivity index (χ1v) is 7.74. The molecule has 0 unspecified atom stereocenters. The first kappa shape index (κ1) is 13.9. The summed E-state index contributed by atoms with van der Waals surface area (Å²) in [6.07, 6.45) is 10.8. The topological polar surface area (TPSA) is 19.7 Å². The third kappa shape index (κ3) is 3.07. The van der Waals surface area contributed by atoms with Crippen LogP contribution in [0.1, 0.15) is 12.8 Å². The van der Waals surface area contributed by atoms with Crippen molar-refractivity contribution in [3.05, 3.63) is 33.4 Å². The van der Waals surface area contributed by atoms with Crippen molar-refractivity contribution in [2.45, 2.75) is 25.9 Å². The molecule has 2 heterocycles. The van der Waals surface area contributed by atoms with E-state index < -0.39 is 0 Å². The van der Waals surface area contributed by atoms with Gasteiger partial charge in [0.1, 0.15) is 0 Å². The molecule has 2 aromatic heterocycles. The predicted octanol–water partition coefficient (Wildman–Crippen LogP) is 0.848. The molecule has 2 aromatic rings. The Labute approximate surface area is 123 Å². The van der Waals surface area contributed by atoms with Crippen molar-refractivity contribution in [2.75, 3.05) is 0 Å². The van der Waals surface area contributed by atoms with Gasteiger partial charge in [0.15, 0.2) is 0 Å². The van der Waals surface area contributed by atoms with E-state index in [9.17, 15) is 0 Å². The van der Waals surface area contributed by atoms with Gasteiger partial charge in [0.25, 0.3) is 0 Å². The summed E-state index contributed by atoms with van der Waals surface area (Å²) in [6, 6.07) is 0. The van der Waals surface area contributed by atoms with Crippen LogP contribution in [0.4, 0.5) is 0 Å². The normalized spacial score (nSPS) is 11.0. The van der Waals surface area contributed by atoms with E-state index in [0.717, 1.165) is 13.1 Å². The molecule has 0 atom stereocenters. The Hall–Kier alpha value is -0.541. The molecule has 0 aromatic carbocycles. The number of hydrogen-bond donors (Lipinski definition) is 0. The first-order chi connectivity index (χ1) is 8.59. The molecule has 18 heavy (non-hydrogen) atoms. The molecule has 0 N–H and O–H groups in total. The zero-order valence-electron chi connectivity index (χ0n) is 10.7. The first-order valence-electron chi connectivity index (χ1n) is 6.03. The summed E-state index contributed by atoms with van der Waals surface area (Å²) < 4.78 is 11.1. The second kappa shape index (κ2) is 6.07. The van der Waals surface area contributed by atoms with Gasteiger partial charge in [-0.3, -0.25) is 0 Å². The van der Waals surface area contributed by atoms with Gasteiger partial charge in [-0.25, -0.2) is 0 Å². The standard InChI is InChI=1S/C12H18N4Se2/c1-13-7-9-15(11(13)17)5-3-4-6-16-10-8-14(2)12(16)18/h7-10H,3-6H2,1-2H3. The van der Waals surface area contributed by atoms with Gasteiger partial charge >= 0.3 is 123 Å². The number of hydrogen-bond acceptors (Lipinski definition) is 0. The fraction of sp³-hybridized carbons (Fsp3) is 0.500. The summed E-state index contributed by atoms with van der Waals surface area (Å²) in [6.45, 7) is 2.14. The molecular weight excluding hydrogens is 358 g/mol. The van der Waals surface area contributed by atoms with Crippen LogP contribution in [-0.4, -0.2) is 49.4 Å². The maximum absolute atomic E-state index is 3.10. The molecule has 0 radical (unpaired) electrons. The molecule has 0 fully saturated rings. The van der Waals surface area contributed by atoms with Crippen LogP contribution in [0.25, 0.3) is 0 Å². The third-order valence-corrected chi connectivity index (χ3v) is 5.28. The van der Waals surface area contributed by atoms with Crippen molar-refractivity contribution in [2.24, 2.45) is 14.1 Å². The Morgan fingerprint density at radius 1 is 0.778 bits per heavy atom.